The minimum absolute atomic E-state index is 0.136. The van der Waals surface area contributed by atoms with Gasteiger partial charge in [-0.05, 0) is 29.5 Å². The molecule has 2 aromatic carbocycles. The van der Waals surface area contributed by atoms with Gasteiger partial charge in [-0.15, -0.1) is 0 Å². The predicted octanol–water partition coefficient (Wildman–Crippen LogP) is 3.53. The Kier molecular flexibility index (Phi) is 5.16. The lowest BCUT2D eigenvalue weighted by Crippen LogP contribution is -2.47. The van der Waals surface area contributed by atoms with E-state index in [1.54, 1.807) is 18.0 Å². The monoisotopic (exact) mass is 389 g/mol. The SMILES string of the molecule is C[C@H]1C[C@H](NC(=O)c2cc(Cc3ccccc3)on2)C(=O)N(C)c2ccccc21. The van der Waals surface area contributed by atoms with Gasteiger partial charge in [0.25, 0.3) is 5.91 Å². The van der Waals surface area contributed by atoms with Crippen molar-refractivity contribution in [2.75, 3.05) is 11.9 Å². The third-order valence-electron chi connectivity index (χ3n) is 5.37. The molecule has 4 rings (SSSR count). The van der Waals surface area contributed by atoms with Crippen LogP contribution in [0.5, 0.6) is 0 Å². The molecule has 0 saturated carbocycles. The van der Waals surface area contributed by atoms with Crippen LogP contribution in [0.4, 0.5) is 5.69 Å². The van der Waals surface area contributed by atoms with Crippen molar-refractivity contribution in [3.8, 4) is 0 Å². The van der Waals surface area contributed by atoms with Crippen molar-refractivity contribution in [2.24, 2.45) is 0 Å². The summed E-state index contributed by atoms with van der Waals surface area (Å²) in [5.74, 6) is 0.198. The molecule has 6 heteroatoms. The molecule has 2 heterocycles. The summed E-state index contributed by atoms with van der Waals surface area (Å²) < 4.78 is 5.32. The van der Waals surface area contributed by atoms with E-state index >= 15 is 0 Å². The van der Waals surface area contributed by atoms with E-state index in [4.69, 9.17) is 4.52 Å². The zero-order chi connectivity index (χ0) is 20.4. The van der Waals surface area contributed by atoms with Gasteiger partial charge in [0, 0.05) is 25.2 Å². The fraction of sp³-hybridized carbons (Fsp3) is 0.261. The fourth-order valence-electron chi connectivity index (χ4n) is 3.80. The van der Waals surface area contributed by atoms with Gasteiger partial charge in [0.1, 0.15) is 11.8 Å². The Morgan fingerprint density at radius 1 is 1.17 bits per heavy atom. The zero-order valence-corrected chi connectivity index (χ0v) is 16.5. The van der Waals surface area contributed by atoms with Crippen molar-refractivity contribution in [1.82, 2.24) is 10.5 Å². The summed E-state index contributed by atoms with van der Waals surface area (Å²) in [4.78, 5) is 27.3. The van der Waals surface area contributed by atoms with Gasteiger partial charge in [0.05, 0.1) is 0 Å². The van der Waals surface area contributed by atoms with E-state index in [-0.39, 0.29) is 17.5 Å². The Morgan fingerprint density at radius 2 is 1.90 bits per heavy atom. The van der Waals surface area contributed by atoms with Crippen molar-refractivity contribution >= 4 is 17.5 Å². The lowest BCUT2D eigenvalue weighted by Gasteiger charge is -2.21. The average molecular weight is 389 g/mol. The molecule has 1 aliphatic heterocycles. The Bertz CT molecular complexity index is 1030. The summed E-state index contributed by atoms with van der Waals surface area (Å²) >= 11 is 0. The van der Waals surface area contributed by atoms with Crippen LogP contribution in [0.25, 0.3) is 0 Å². The Hall–Kier alpha value is -3.41. The first-order chi connectivity index (χ1) is 14.0. The van der Waals surface area contributed by atoms with Crippen LogP contribution in [0, 0.1) is 0 Å². The first-order valence-corrected chi connectivity index (χ1v) is 9.70. The summed E-state index contributed by atoms with van der Waals surface area (Å²) in [6.07, 6.45) is 1.08. The number of fused-ring (bicyclic) bond motifs is 1. The number of amides is 2. The van der Waals surface area contributed by atoms with Crippen molar-refractivity contribution in [3.05, 3.63) is 83.2 Å². The molecule has 0 bridgehead atoms. The Labute approximate surface area is 169 Å². The minimum atomic E-state index is -0.621. The fourth-order valence-corrected chi connectivity index (χ4v) is 3.80. The van der Waals surface area contributed by atoms with Crippen LogP contribution in [0.2, 0.25) is 0 Å². The second-order valence-electron chi connectivity index (χ2n) is 7.46. The van der Waals surface area contributed by atoms with Crippen molar-refractivity contribution in [3.63, 3.8) is 0 Å². The van der Waals surface area contributed by atoms with Gasteiger partial charge in [-0.25, -0.2) is 0 Å². The molecule has 148 valence electrons. The maximum absolute atomic E-state index is 12.9. The summed E-state index contributed by atoms with van der Waals surface area (Å²) in [5.41, 5.74) is 3.24. The summed E-state index contributed by atoms with van der Waals surface area (Å²) in [5, 5.41) is 6.74. The Balaban J connectivity index is 1.48. The molecule has 0 fully saturated rings. The molecule has 0 unspecified atom stereocenters. The molecule has 6 nitrogen and oxygen atoms in total. The standard InChI is InChI=1S/C23H23N3O3/c1-15-12-20(23(28)26(2)21-11-7-6-10-18(15)21)24-22(27)19-14-17(29-25-19)13-16-8-4-3-5-9-16/h3-11,14-15,20H,12-13H2,1-2H3,(H,24,27)/t15-,20-/m0/s1. The maximum Gasteiger partial charge on any atom is 0.274 e. The highest BCUT2D eigenvalue weighted by Crippen LogP contribution is 2.33. The van der Waals surface area contributed by atoms with Gasteiger partial charge in [0.2, 0.25) is 5.91 Å². The number of rotatable bonds is 4. The maximum atomic E-state index is 12.9. The molecule has 1 aromatic heterocycles. The van der Waals surface area contributed by atoms with Crippen LogP contribution in [-0.4, -0.2) is 30.1 Å². The van der Waals surface area contributed by atoms with Crippen LogP contribution in [0.1, 0.15) is 46.6 Å². The van der Waals surface area contributed by atoms with Crippen LogP contribution >= 0.6 is 0 Å². The number of anilines is 1. The zero-order valence-electron chi connectivity index (χ0n) is 16.5. The molecule has 29 heavy (non-hydrogen) atoms. The van der Waals surface area contributed by atoms with Crippen LogP contribution in [0.3, 0.4) is 0 Å². The predicted molar refractivity (Wildman–Crippen MR) is 110 cm³/mol. The number of carbonyl (C=O) groups is 2. The number of benzene rings is 2. The molecule has 0 saturated heterocycles. The average Bonchev–Trinajstić information content (AvgIpc) is 3.18. The van der Waals surface area contributed by atoms with Gasteiger partial charge in [-0.3, -0.25) is 9.59 Å². The van der Waals surface area contributed by atoms with Gasteiger partial charge in [-0.2, -0.15) is 0 Å². The molecule has 2 atom stereocenters. The lowest BCUT2D eigenvalue weighted by atomic mass is 9.94. The number of likely N-dealkylation sites (N-methyl/N-ethyl adjacent to an activating group) is 1. The number of para-hydroxylation sites is 1. The molecular weight excluding hydrogens is 366 g/mol. The third kappa shape index (κ3) is 3.92. The van der Waals surface area contributed by atoms with Crippen molar-refractivity contribution in [2.45, 2.75) is 31.7 Å². The second kappa shape index (κ2) is 7.91. The molecule has 1 aliphatic rings. The summed E-state index contributed by atoms with van der Waals surface area (Å²) in [7, 11) is 1.74. The molecular formula is C23H23N3O3. The quantitative estimate of drug-likeness (QED) is 0.741. The topological polar surface area (TPSA) is 75.4 Å². The first-order valence-electron chi connectivity index (χ1n) is 9.70. The number of nitrogens with one attached hydrogen (secondary N) is 1. The van der Waals surface area contributed by atoms with Gasteiger partial charge < -0.3 is 14.7 Å². The number of aromatic nitrogens is 1. The highest BCUT2D eigenvalue weighted by atomic mass is 16.5. The second-order valence-corrected chi connectivity index (χ2v) is 7.46. The molecule has 3 aromatic rings. The van der Waals surface area contributed by atoms with Crippen molar-refractivity contribution < 1.29 is 14.1 Å². The van der Waals surface area contributed by atoms with Crippen molar-refractivity contribution in [1.29, 1.82) is 0 Å². The molecule has 2 amide bonds. The lowest BCUT2D eigenvalue weighted by molar-refractivity contribution is -0.120. The van der Waals surface area contributed by atoms with Crippen LogP contribution in [-0.2, 0) is 11.2 Å². The Morgan fingerprint density at radius 3 is 2.69 bits per heavy atom. The third-order valence-corrected chi connectivity index (χ3v) is 5.37. The van der Waals surface area contributed by atoms with E-state index in [2.05, 4.69) is 17.4 Å². The molecule has 0 spiro atoms. The van der Waals surface area contributed by atoms with Crippen LogP contribution < -0.4 is 10.2 Å². The minimum Gasteiger partial charge on any atom is -0.360 e. The van der Waals surface area contributed by atoms with E-state index < -0.39 is 11.9 Å². The summed E-state index contributed by atoms with van der Waals surface area (Å²) in [6, 6.07) is 18.7. The first kappa shape index (κ1) is 18.9. The van der Waals surface area contributed by atoms with E-state index in [1.165, 1.54) is 0 Å². The molecule has 1 N–H and O–H groups in total. The molecule has 0 radical (unpaired) electrons. The highest BCUT2D eigenvalue weighted by molar-refractivity contribution is 6.02. The number of nitrogens with zero attached hydrogens (tertiary/aromatic N) is 2. The van der Waals surface area contributed by atoms with Gasteiger partial charge in [0.15, 0.2) is 5.69 Å². The van der Waals surface area contributed by atoms with E-state index in [1.807, 2.05) is 54.6 Å². The van der Waals surface area contributed by atoms with E-state index in [9.17, 15) is 9.59 Å². The van der Waals surface area contributed by atoms with Gasteiger partial charge >= 0.3 is 0 Å². The number of hydrogen-bond acceptors (Lipinski definition) is 4. The number of carbonyl (C=O) groups excluding carboxylic acids is 2. The summed E-state index contributed by atoms with van der Waals surface area (Å²) in [6.45, 7) is 2.07. The number of hydrogen-bond donors (Lipinski definition) is 1. The van der Waals surface area contributed by atoms with Gasteiger partial charge in [-0.1, -0.05) is 60.6 Å². The largest absolute Gasteiger partial charge is 0.360 e. The highest BCUT2D eigenvalue weighted by Gasteiger charge is 2.33. The smallest absolute Gasteiger partial charge is 0.274 e. The molecule has 0 aliphatic carbocycles. The van der Waals surface area contributed by atoms with Crippen LogP contribution in [0.15, 0.2) is 65.2 Å². The van der Waals surface area contributed by atoms with E-state index in [0.29, 0.717) is 18.6 Å². The van der Waals surface area contributed by atoms with E-state index in [0.717, 1.165) is 16.8 Å². The normalized spacial score (nSPS) is 18.8.